The van der Waals surface area contributed by atoms with Gasteiger partial charge in [-0.15, -0.1) is 0 Å². The largest absolute Gasteiger partial charge is 0.445 e. The number of carbonyl (C=O) groups is 1. The molecule has 0 saturated heterocycles. The van der Waals surface area contributed by atoms with Crippen molar-refractivity contribution in [2.45, 2.75) is 32.6 Å². The molecule has 3 aromatic rings. The smallest absolute Gasteiger partial charge is 0.409 e. The lowest BCUT2D eigenvalue weighted by Crippen LogP contribution is -2.33. The first kappa shape index (κ1) is 18.8. The van der Waals surface area contributed by atoms with E-state index in [1.54, 1.807) is 18.1 Å². The summed E-state index contributed by atoms with van der Waals surface area (Å²) in [4.78, 5) is 22.8. The van der Waals surface area contributed by atoms with E-state index in [1.807, 2.05) is 54.0 Å². The summed E-state index contributed by atoms with van der Waals surface area (Å²) >= 11 is 0. The Balaban J connectivity index is 1.72. The van der Waals surface area contributed by atoms with E-state index in [1.165, 1.54) is 0 Å². The van der Waals surface area contributed by atoms with Crippen molar-refractivity contribution in [3.63, 3.8) is 0 Å². The molecular formula is C20H24N4O3. The van der Waals surface area contributed by atoms with Gasteiger partial charge in [0.15, 0.2) is 5.65 Å². The molecule has 2 aromatic heterocycles. The van der Waals surface area contributed by atoms with Crippen LogP contribution >= 0.6 is 0 Å². The number of amides is 1. The molecular weight excluding hydrogens is 344 g/mol. The fraction of sp³-hybridized carbons (Fsp3) is 0.350. The van der Waals surface area contributed by atoms with Gasteiger partial charge in [0.1, 0.15) is 24.6 Å². The van der Waals surface area contributed by atoms with Crippen LogP contribution in [0.1, 0.15) is 30.8 Å². The van der Waals surface area contributed by atoms with Crippen molar-refractivity contribution in [3.05, 3.63) is 60.0 Å². The van der Waals surface area contributed by atoms with Crippen molar-refractivity contribution < 1.29 is 14.6 Å². The topological polar surface area (TPSA) is 80.5 Å². The summed E-state index contributed by atoms with van der Waals surface area (Å²) in [5.74, 6) is 0.543. The first-order chi connectivity index (χ1) is 13.1. The first-order valence-electron chi connectivity index (χ1n) is 8.98. The summed E-state index contributed by atoms with van der Waals surface area (Å²) in [5, 5.41) is 9.70. The summed E-state index contributed by atoms with van der Waals surface area (Å²) < 4.78 is 7.31. The van der Waals surface area contributed by atoms with Crippen molar-refractivity contribution in [3.8, 4) is 0 Å². The molecule has 1 amide bonds. The van der Waals surface area contributed by atoms with Crippen LogP contribution in [0.2, 0.25) is 0 Å². The first-order valence-corrected chi connectivity index (χ1v) is 8.98. The second kappa shape index (κ2) is 8.64. The van der Waals surface area contributed by atoms with Crippen LogP contribution in [0.5, 0.6) is 0 Å². The monoisotopic (exact) mass is 368 g/mol. The molecule has 0 bridgehead atoms. The third-order valence-corrected chi connectivity index (χ3v) is 4.50. The number of likely N-dealkylation sites (N-methyl/N-ethyl adjacent to an activating group) is 1. The normalized spacial score (nSPS) is 12.1. The quantitative estimate of drug-likeness (QED) is 0.693. The molecule has 142 valence electrons. The zero-order chi connectivity index (χ0) is 19.2. The van der Waals surface area contributed by atoms with Crippen LogP contribution in [-0.2, 0) is 18.0 Å². The second-order valence-electron chi connectivity index (χ2n) is 6.39. The predicted octanol–water partition coefficient (Wildman–Crippen LogP) is 3.14. The van der Waals surface area contributed by atoms with Crippen LogP contribution in [0.4, 0.5) is 4.79 Å². The van der Waals surface area contributed by atoms with Gasteiger partial charge in [0.05, 0.1) is 6.04 Å². The fourth-order valence-corrected chi connectivity index (χ4v) is 3.09. The lowest BCUT2D eigenvalue weighted by atomic mass is 10.2. The molecule has 0 aliphatic heterocycles. The van der Waals surface area contributed by atoms with Crippen LogP contribution in [-0.4, -0.2) is 44.2 Å². The van der Waals surface area contributed by atoms with Gasteiger partial charge in [-0.3, -0.25) is 0 Å². The Labute approximate surface area is 158 Å². The van der Waals surface area contributed by atoms with E-state index in [0.717, 1.165) is 17.5 Å². The number of nitrogens with zero attached hydrogens (tertiary/aromatic N) is 4. The number of pyridine rings is 1. The van der Waals surface area contributed by atoms with Gasteiger partial charge in [-0.2, -0.15) is 0 Å². The van der Waals surface area contributed by atoms with Crippen LogP contribution in [0.3, 0.4) is 0 Å². The van der Waals surface area contributed by atoms with Crippen LogP contribution in [0, 0.1) is 0 Å². The van der Waals surface area contributed by atoms with Gasteiger partial charge in [0.2, 0.25) is 0 Å². The number of fused-ring (bicyclic) bond motifs is 1. The van der Waals surface area contributed by atoms with Crippen molar-refractivity contribution in [1.82, 2.24) is 19.4 Å². The Hall–Kier alpha value is -2.93. The zero-order valence-corrected chi connectivity index (χ0v) is 15.6. The lowest BCUT2D eigenvalue weighted by Gasteiger charge is -2.25. The highest BCUT2D eigenvalue weighted by Crippen LogP contribution is 2.23. The second-order valence-corrected chi connectivity index (χ2v) is 6.39. The van der Waals surface area contributed by atoms with Crippen LogP contribution in [0.25, 0.3) is 11.2 Å². The molecule has 1 atom stereocenters. The SMILES string of the molecule is CC[C@H](CN(C)C(=O)OCc1ccccc1)n1c(CO)nc2cccnc21. The molecule has 0 unspecified atom stereocenters. The minimum atomic E-state index is -0.389. The maximum Gasteiger partial charge on any atom is 0.409 e. The van der Waals surface area contributed by atoms with Gasteiger partial charge in [-0.05, 0) is 24.1 Å². The van der Waals surface area contributed by atoms with E-state index in [9.17, 15) is 9.90 Å². The van der Waals surface area contributed by atoms with Gasteiger partial charge in [0, 0.05) is 19.8 Å². The zero-order valence-electron chi connectivity index (χ0n) is 15.6. The summed E-state index contributed by atoms with van der Waals surface area (Å²) in [7, 11) is 1.71. The molecule has 0 aliphatic rings. The lowest BCUT2D eigenvalue weighted by molar-refractivity contribution is 0.0993. The number of hydrogen-bond donors (Lipinski definition) is 1. The Kier molecular flexibility index (Phi) is 6.03. The number of rotatable bonds is 7. The van der Waals surface area contributed by atoms with E-state index in [4.69, 9.17) is 4.74 Å². The van der Waals surface area contributed by atoms with Crippen molar-refractivity contribution in [2.75, 3.05) is 13.6 Å². The Morgan fingerprint density at radius 1 is 1.26 bits per heavy atom. The van der Waals surface area contributed by atoms with Crippen molar-refractivity contribution in [2.24, 2.45) is 0 Å². The fourth-order valence-electron chi connectivity index (χ4n) is 3.09. The highest BCUT2D eigenvalue weighted by atomic mass is 16.6. The molecule has 0 spiro atoms. The van der Waals surface area contributed by atoms with Gasteiger partial charge in [-0.1, -0.05) is 37.3 Å². The van der Waals surface area contributed by atoms with Crippen molar-refractivity contribution in [1.29, 1.82) is 0 Å². The molecule has 2 heterocycles. The summed E-state index contributed by atoms with van der Waals surface area (Å²) in [5.41, 5.74) is 2.38. The molecule has 1 aromatic carbocycles. The third kappa shape index (κ3) is 4.25. The molecule has 0 radical (unpaired) electrons. The minimum Gasteiger partial charge on any atom is -0.445 e. The molecule has 1 N–H and O–H groups in total. The van der Waals surface area contributed by atoms with E-state index in [-0.39, 0.29) is 25.3 Å². The molecule has 0 fully saturated rings. The Morgan fingerprint density at radius 3 is 2.74 bits per heavy atom. The number of carbonyl (C=O) groups excluding carboxylic acids is 1. The number of ether oxygens (including phenoxy) is 1. The van der Waals surface area contributed by atoms with Gasteiger partial charge >= 0.3 is 6.09 Å². The molecule has 27 heavy (non-hydrogen) atoms. The molecule has 0 aliphatic carbocycles. The number of aliphatic hydroxyl groups excluding tert-OH is 1. The minimum absolute atomic E-state index is 0.0682. The van der Waals surface area contributed by atoms with E-state index in [0.29, 0.717) is 18.0 Å². The molecule has 7 nitrogen and oxygen atoms in total. The van der Waals surface area contributed by atoms with Crippen LogP contribution < -0.4 is 0 Å². The highest BCUT2D eigenvalue weighted by Gasteiger charge is 2.22. The Morgan fingerprint density at radius 2 is 2.04 bits per heavy atom. The molecule has 3 rings (SSSR count). The number of benzene rings is 1. The average molecular weight is 368 g/mol. The maximum atomic E-state index is 12.4. The van der Waals surface area contributed by atoms with Gasteiger partial charge < -0.3 is 19.3 Å². The predicted molar refractivity (Wildman–Crippen MR) is 102 cm³/mol. The van der Waals surface area contributed by atoms with Gasteiger partial charge in [-0.25, -0.2) is 14.8 Å². The Bertz CT molecular complexity index is 895. The van der Waals surface area contributed by atoms with E-state index >= 15 is 0 Å². The van der Waals surface area contributed by atoms with Crippen LogP contribution in [0.15, 0.2) is 48.7 Å². The highest BCUT2D eigenvalue weighted by molar-refractivity contribution is 5.71. The number of aliphatic hydroxyl groups is 1. The molecule has 7 heteroatoms. The standard InChI is InChI=1S/C20H24N4O3/c1-3-16(24-18(13-25)22-17-10-7-11-21-19(17)24)12-23(2)20(26)27-14-15-8-5-4-6-9-15/h4-11,16,25H,3,12-14H2,1-2H3/t16-/m1/s1. The maximum absolute atomic E-state index is 12.4. The number of imidazole rings is 1. The third-order valence-electron chi connectivity index (χ3n) is 4.50. The van der Waals surface area contributed by atoms with E-state index < -0.39 is 0 Å². The van der Waals surface area contributed by atoms with Gasteiger partial charge in [0.25, 0.3) is 0 Å². The average Bonchev–Trinajstić information content (AvgIpc) is 3.09. The number of hydrogen-bond acceptors (Lipinski definition) is 5. The van der Waals surface area contributed by atoms with E-state index in [2.05, 4.69) is 9.97 Å². The summed E-state index contributed by atoms with van der Waals surface area (Å²) in [6, 6.07) is 13.2. The van der Waals surface area contributed by atoms with Crippen molar-refractivity contribution >= 4 is 17.3 Å². The summed E-state index contributed by atoms with van der Waals surface area (Å²) in [6.45, 7) is 2.51. The molecule has 0 saturated carbocycles. The number of aromatic nitrogens is 3. The summed E-state index contributed by atoms with van der Waals surface area (Å²) in [6.07, 6.45) is 2.07.